The third-order valence-electron chi connectivity index (χ3n) is 11.7. The summed E-state index contributed by atoms with van der Waals surface area (Å²) < 4.78 is 16.7. The van der Waals surface area contributed by atoms with Crippen LogP contribution < -0.4 is 0 Å². The van der Waals surface area contributed by atoms with Gasteiger partial charge in [0.05, 0.1) is 0 Å². The molecule has 0 aliphatic carbocycles. The Kier molecular flexibility index (Phi) is 43.2. The van der Waals surface area contributed by atoms with Crippen molar-refractivity contribution in [1.29, 1.82) is 0 Å². The first-order valence-electron chi connectivity index (χ1n) is 24.9. The van der Waals surface area contributed by atoms with Crippen LogP contribution >= 0.6 is 0 Å². The highest BCUT2D eigenvalue weighted by atomic mass is 16.6. The highest BCUT2D eigenvalue weighted by Gasteiger charge is 2.19. The minimum atomic E-state index is -0.758. The van der Waals surface area contributed by atoms with Crippen LogP contribution in [-0.2, 0) is 28.6 Å². The van der Waals surface area contributed by atoms with Gasteiger partial charge in [-0.1, -0.05) is 240 Å². The van der Waals surface area contributed by atoms with Crippen LogP contribution in [-0.4, -0.2) is 37.2 Å². The number of unbranched alkanes of at least 4 members (excludes halogenated alkanes) is 31. The molecule has 6 heteroatoms. The van der Waals surface area contributed by atoms with Gasteiger partial charge in [0, 0.05) is 19.3 Å². The van der Waals surface area contributed by atoms with Gasteiger partial charge in [-0.15, -0.1) is 0 Å². The van der Waals surface area contributed by atoms with Crippen LogP contribution in [0.1, 0.15) is 278 Å². The van der Waals surface area contributed by atoms with Gasteiger partial charge in [-0.05, 0) is 25.2 Å². The molecule has 0 aromatic rings. The van der Waals surface area contributed by atoms with Crippen molar-refractivity contribution in [3.05, 3.63) is 0 Å². The average Bonchev–Trinajstić information content (AvgIpc) is 3.19. The summed E-state index contributed by atoms with van der Waals surface area (Å²) in [7, 11) is 0. The Hall–Kier alpha value is -1.59. The van der Waals surface area contributed by atoms with Gasteiger partial charge in [0.25, 0.3) is 0 Å². The molecule has 0 saturated heterocycles. The molecule has 0 fully saturated rings. The standard InChI is InChI=1S/C50H96O6/c1-5-8-10-12-13-14-15-16-17-18-19-20-21-22-23-28-31-35-39-43-50(53)56-47(44-54-48(51)41-37-32-11-9-6-2)45-55-49(52)42-38-34-30-27-25-24-26-29-33-36-40-46(4)7-3/h46-47H,5-45H2,1-4H3/t46?,47-/m1/s1. The van der Waals surface area contributed by atoms with Crippen molar-refractivity contribution in [1.82, 2.24) is 0 Å². The van der Waals surface area contributed by atoms with Crippen molar-refractivity contribution in [2.24, 2.45) is 5.92 Å². The normalized spacial score (nSPS) is 12.4. The zero-order valence-corrected chi connectivity index (χ0v) is 38.1. The Morgan fingerprint density at radius 2 is 0.625 bits per heavy atom. The van der Waals surface area contributed by atoms with Crippen LogP contribution in [0.4, 0.5) is 0 Å². The van der Waals surface area contributed by atoms with Gasteiger partial charge in [-0.25, -0.2) is 0 Å². The molecule has 0 bridgehead atoms. The molecule has 0 amide bonds. The molecule has 0 aliphatic heterocycles. The molecule has 2 atom stereocenters. The van der Waals surface area contributed by atoms with Crippen LogP contribution in [0.5, 0.6) is 0 Å². The minimum Gasteiger partial charge on any atom is -0.462 e. The Morgan fingerprint density at radius 3 is 0.929 bits per heavy atom. The maximum atomic E-state index is 12.7. The molecule has 0 radical (unpaired) electrons. The number of carbonyl (C=O) groups excluding carboxylic acids is 3. The van der Waals surface area contributed by atoms with E-state index in [0.29, 0.717) is 19.3 Å². The fraction of sp³-hybridized carbons (Fsp3) is 0.940. The Balaban J connectivity index is 4.12. The number of hydrogen-bond donors (Lipinski definition) is 0. The van der Waals surface area contributed by atoms with Crippen molar-refractivity contribution < 1.29 is 28.6 Å². The third kappa shape index (κ3) is 42.0. The molecule has 332 valence electrons. The number of hydrogen-bond acceptors (Lipinski definition) is 6. The average molecular weight is 793 g/mol. The highest BCUT2D eigenvalue weighted by molar-refractivity contribution is 5.71. The predicted molar refractivity (Wildman–Crippen MR) is 238 cm³/mol. The van der Waals surface area contributed by atoms with Crippen LogP contribution in [0.3, 0.4) is 0 Å². The lowest BCUT2D eigenvalue weighted by Crippen LogP contribution is -2.30. The molecule has 0 rings (SSSR count). The van der Waals surface area contributed by atoms with Gasteiger partial charge in [0.2, 0.25) is 0 Å². The van der Waals surface area contributed by atoms with E-state index in [2.05, 4.69) is 27.7 Å². The zero-order chi connectivity index (χ0) is 41.0. The first-order valence-corrected chi connectivity index (χ1v) is 24.9. The molecule has 56 heavy (non-hydrogen) atoms. The summed E-state index contributed by atoms with van der Waals surface area (Å²) in [6.45, 7) is 8.96. The monoisotopic (exact) mass is 793 g/mol. The quantitative estimate of drug-likeness (QED) is 0.0347. The fourth-order valence-corrected chi connectivity index (χ4v) is 7.48. The number of rotatable bonds is 45. The van der Waals surface area contributed by atoms with Crippen LogP contribution in [0.15, 0.2) is 0 Å². The van der Waals surface area contributed by atoms with E-state index in [9.17, 15) is 14.4 Å². The molecule has 0 aliphatic rings. The van der Waals surface area contributed by atoms with Crippen LogP contribution in [0.25, 0.3) is 0 Å². The number of esters is 3. The minimum absolute atomic E-state index is 0.0646. The lowest BCUT2D eigenvalue weighted by atomic mass is 9.99. The topological polar surface area (TPSA) is 78.9 Å². The second-order valence-electron chi connectivity index (χ2n) is 17.3. The summed E-state index contributed by atoms with van der Waals surface area (Å²) >= 11 is 0. The van der Waals surface area contributed by atoms with Crippen molar-refractivity contribution in [2.45, 2.75) is 284 Å². The Bertz CT molecular complexity index is 843. The van der Waals surface area contributed by atoms with E-state index in [1.807, 2.05) is 0 Å². The number of carbonyl (C=O) groups is 3. The summed E-state index contributed by atoms with van der Waals surface area (Å²) in [5, 5.41) is 0. The molecular weight excluding hydrogens is 697 g/mol. The van der Waals surface area contributed by atoms with E-state index in [-0.39, 0.29) is 31.1 Å². The van der Waals surface area contributed by atoms with Crippen molar-refractivity contribution in [3.8, 4) is 0 Å². The van der Waals surface area contributed by atoms with E-state index >= 15 is 0 Å². The van der Waals surface area contributed by atoms with Crippen molar-refractivity contribution in [3.63, 3.8) is 0 Å². The molecule has 0 heterocycles. The van der Waals surface area contributed by atoms with Crippen molar-refractivity contribution in [2.75, 3.05) is 13.2 Å². The molecular formula is C50H96O6. The lowest BCUT2D eigenvalue weighted by molar-refractivity contribution is -0.167. The van der Waals surface area contributed by atoms with Gasteiger partial charge in [0.1, 0.15) is 13.2 Å². The summed E-state index contributed by atoms with van der Waals surface area (Å²) in [4.78, 5) is 37.6. The van der Waals surface area contributed by atoms with Gasteiger partial charge in [0.15, 0.2) is 6.10 Å². The SMILES string of the molecule is CCCCCCCCCCCCCCCCCCCCCC(=O)O[C@H](COC(=O)CCCCCCC)COC(=O)CCCCCCCCCCCCC(C)CC. The predicted octanol–water partition coefficient (Wildman–Crippen LogP) is 15.9. The summed E-state index contributed by atoms with van der Waals surface area (Å²) in [5.41, 5.74) is 0. The van der Waals surface area contributed by atoms with Crippen LogP contribution in [0.2, 0.25) is 0 Å². The van der Waals surface area contributed by atoms with Gasteiger partial charge in [-0.2, -0.15) is 0 Å². The first kappa shape index (κ1) is 54.4. The lowest BCUT2D eigenvalue weighted by Gasteiger charge is -2.18. The van der Waals surface area contributed by atoms with Gasteiger partial charge >= 0.3 is 17.9 Å². The third-order valence-corrected chi connectivity index (χ3v) is 11.7. The Morgan fingerprint density at radius 1 is 0.357 bits per heavy atom. The zero-order valence-electron chi connectivity index (χ0n) is 38.1. The van der Waals surface area contributed by atoms with E-state index in [0.717, 1.165) is 70.1 Å². The molecule has 0 N–H and O–H groups in total. The largest absolute Gasteiger partial charge is 0.462 e. The second-order valence-corrected chi connectivity index (χ2v) is 17.3. The van der Waals surface area contributed by atoms with E-state index in [1.54, 1.807) is 0 Å². The summed E-state index contributed by atoms with van der Waals surface area (Å²) in [6.07, 6.45) is 45.5. The van der Waals surface area contributed by atoms with E-state index < -0.39 is 6.10 Å². The molecule has 0 aromatic carbocycles. The van der Waals surface area contributed by atoms with Gasteiger partial charge in [-0.3, -0.25) is 14.4 Å². The fourth-order valence-electron chi connectivity index (χ4n) is 7.48. The molecule has 0 aromatic heterocycles. The molecule has 0 saturated carbocycles. The molecule has 1 unspecified atom stereocenters. The van der Waals surface area contributed by atoms with Crippen molar-refractivity contribution >= 4 is 17.9 Å². The maximum absolute atomic E-state index is 12.7. The van der Waals surface area contributed by atoms with Gasteiger partial charge < -0.3 is 14.2 Å². The Labute approximate surface area is 348 Å². The van der Waals surface area contributed by atoms with E-state index in [1.165, 1.54) is 167 Å². The summed E-state index contributed by atoms with van der Waals surface area (Å²) in [5.74, 6) is 0.00664. The maximum Gasteiger partial charge on any atom is 0.306 e. The molecule has 6 nitrogen and oxygen atoms in total. The molecule has 0 spiro atoms. The second kappa shape index (κ2) is 44.5. The first-order chi connectivity index (χ1) is 27.4. The van der Waals surface area contributed by atoms with E-state index in [4.69, 9.17) is 14.2 Å². The smallest absolute Gasteiger partial charge is 0.306 e. The highest BCUT2D eigenvalue weighted by Crippen LogP contribution is 2.17. The van der Waals surface area contributed by atoms with Crippen LogP contribution in [0, 0.1) is 5.92 Å². The number of ether oxygens (including phenoxy) is 3. The summed E-state index contributed by atoms with van der Waals surface area (Å²) in [6, 6.07) is 0.